The van der Waals surface area contributed by atoms with Gasteiger partial charge in [0.05, 0.1) is 18.5 Å². The molecule has 1 aromatic rings. The maximum Gasteiger partial charge on any atom is 0.232 e. The van der Waals surface area contributed by atoms with Gasteiger partial charge in [0.1, 0.15) is 11.6 Å². The van der Waals surface area contributed by atoms with Crippen LogP contribution in [0.2, 0.25) is 5.02 Å². The first-order chi connectivity index (χ1) is 6.24. The van der Waals surface area contributed by atoms with Gasteiger partial charge in [-0.25, -0.2) is 4.98 Å². The quantitative estimate of drug-likeness (QED) is 0.749. The van der Waals surface area contributed by atoms with Crippen molar-refractivity contribution in [3.63, 3.8) is 0 Å². The maximum atomic E-state index is 5.80. The van der Waals surface area contributed by atoms with Gasteiger partial charge < -0.3 is 15.2 Å². The van der Waals surface area contributed by atoms with Crippen molar-refractivity contribution in [2.24, 2.45) is 0 Å². The molecule has 0 aliphatic rings. The second kappa shape index (κ2) is 4.89. The van der Waals surface area contributed by atoms with Gasteiger partial charge in [-0.05, 0) is 6.07 Å². The number of nitrogens with two attached hydrogens (primary N) is 1. The number of ether oxygens (including phenoxy) is 2. The van der Waals surface area contributed by atoms with E-state index in [1.54, 1.807) is 13.2 Å². The summed E-state index contributed by atoms with van der Waals surface area (Å²) in [4.78, 5) is 3.91. The third kappa shape index (κ3) is 3.08. The molecule has 0 spiro atoms. The molecule has 0 radical (unpaired) electrons. The zero-order valence-corrected chi connectivity index (χ0v) is 8.04. The third-order valence-electron chi connectivity index (χ3n) is 1.35. The van der Waals surface area contributed by atoms with E-state index in [9.17, 15) is 0 Å². The fourth-order valence-electron chi connectivity index (χ4n) is 0.768. The predicted molar refractivity (Wildman–Crippen MR) is 51.0 cm³/mol. The molecule has 0 atom stereocenters. The van der Waals surface area contributed by atoms with E-state index < -0.39 is 0 Å². The van der Waals surface area contributed by atoms with Gasteiger partial charge in [0.15, 0.2) is 0 Å². The summed E-state index contributed by atoms with van der Waals surface area (Å²) < 4.78 is 10.0. The van der Waals surface area contributed by atoms with Gasteiger partial charge in [0.2, 0.25) is 5.88 Å². The lowest BCUT2D eigenvalue weighted by Gasteiger charge is -2.05. The van der Waals surface area contributed by atoms with Crippen LogP contribution in [0.3, 0.4) is 0 Å². The van der Waals surface area contributed by atoms with Gasteiger partial charge in [-0.15, -0.1) is 0 Å². The molecule has 0 aromatic carbocycles. The Kier molecular flexibility index (Phi) is 3.79. The van der Waals surface area contributed by atoms with E-state index in [4.69, 9.17) is 26.8 Å². The minimum absolute atomic E-state index is 0.382. The van der Waals surface area contributed by atoms with Gasteiger partial charge in [-0.1, -0.05) is 11.6 Å². The fraction of sp³-hybridized carbons (Fsp3) is 0.375. The number of aromatic nitrogens is 1. The molecule has 0 saturated heterocycles. The van der Waals surface area contributed by atoms with Crippen LogP contribution in [0.1, 0.15) is 0 Å². The topological polar surface area (TPSA) is 57.4 Å². The van der Waals surface area contributed by atoms with Crippen LogP contribution in [0.25, 0.3) is 0 Å². The molecule has 0 fully saturated rings. The lowest BCUT2D eigenvalue weighted by atomic mass is 10.4. The van der Waals surface area contributed by atoms with E-state index in [0.29, 0.717) is 29.8 Å². The Labute approximate surface area is 81.6 Å². The standard InChI is InChI=1S/C8H11ClN2O2/c1-12-2-3-13-8-7(9)4-6(10)5-11-8/h4-5H,2-3,10H2,1H3. The molecule has 0 aliphatic carbocycles. The van der Waals surface area contributed by atoms with Crippen molar-refractivity contribution < 1.29 is 9.47 Å². The highest BCUT2D eigenvalue weighted by atomic mass is 35.5. The van der Waals surface area contributed by atoms with Gasteiger partial charge >= 0.3 is 0 Å². The summed E-state index contributed by atoms with van der Waals surface area (Å²) in [6, 6.07) is 1.59. The number of hydrogen-bond donors (Lipinski definition) is 1. The summed E-state index contributed by atoms with van der Waals surface area (Å²) in [6.07, 6.45) is 1.49. The first kappa shape index (κ1) is 10.1. The van der Waals surface area contributed by atoms with Gasteiger partial charge in [-0.2, -0.15) is 0 Å². The highest BCUT2D eigenvalue weighted by Crippen LogP contribution is 2.22. The van der Waals surface area contributed by atoms with Crippen LogP contribution in [0.5, 0.6) is 5.88 Å². The Balaban J connectivity index is 2.56. The van der Waals surface area contributed by atoms with Crippen LogP contribution in [-0.4, -0.2) is 25.3 Å². The first-order valence-electron chi connectivity index (χ1n) is 3.77. The Hall–Kier alpha value is -1.00. The lowest BCUT2D eigenvalue weighted by molar-refractivity contribution is 0.144. The highest BCUT2D eigenvalue weighted by Gasteiger charge is 2.02. The molecule has 4 nitrogen and oxygen atoms in total. The first-order valence-corrected chi connectivity index (χ1v) is 4.14. The molecule has 0 aliphatic heterocycles. The number of nitrogens with zero attached hydrogens (tertiary/aromatic N) is 1. The minimum atomic E-state index is 0.382. The van der Waals surface area contributed by atoms with Crippen molar-refractivity contribution in [2.45, 2.75) is 0 Å². The van der Waals surface area contributed by atoms with Crippen molar-refractivity contribution in [3.05, 3.63) is 17.3 Å². The Bertz CT molecular complexity index is 281. The van der Waals surface area contributed by atoms with E-state index in [2.05, 4.69) is 4.98 Å². The Morgan fingerprint density at radius 1 is 1.54 bits per heavy atom. The van der Waals surface area contributed by atoms with Crippen LogP contribution in [0.4, 0.5) is 5.69 Å². The summed E-state index contributed by atoms with van der Waals surface area (Å²) in [5, 5.41) is 0.413. The number of halogens is 1. The molecule has 2 N–H and O–H groups in total. The van der Waals surface area contributed by atoms with Crippen molar-refractivity contribution >= 4 is 17.3 Å². The molecular weight excluding hydrogens is 192 g/mol. The van der Waals surface area contributed by atoms with Crippen molar-refractivity contribution in [1.82, 2.24) is 4.98 Å². The number of methoxy groups -OCH3 is 1. The average molecular weight is 203 g/mol. The summed E-state index contributed by atoms with van der Waals surface area (Å²) in [6.45, 7) is 0.926. The molecule has 0 saturated carbocycles. The second-order valence-corrected chi connectivity index (χ2v) is 2.80. The highest BCUT2D eigenvalue weighted by molar-refractivity contribution is 6.32. The number of rotatable bonds is 4. The molecule has 0 amide bonds. The zero-order chi connectivity index (χ0) is 9.68. The molecule has 1 aromatic heterocycles. The fourth-order valence-corrected chi connectivity index (χ4v) is 0.997. The van der Waals surface area contributed by atoms with E-state index in [1.165, 1.54) is 6.20 Å². The van der Waals surface area contributed by atoms with Crippen LogP contribution >= 0.6 is 11.6 Å². The van der Waals surface area contributed by atoms with Crippen molar-refractivity contribution in [1.29, 1.82) is 0 Å². The number of pyridine rings is 1. The molecule has 1 rings (SSSR count). The number of hydrogen-bond acceptors (Lipinski definition) is 4. The smallest absolute Gasteiger partial charge is 0.232 e. The van der Waals surface area contributed by atoms with Gasteiger partial charge in [0, 0.05) is 7.11 Å². The molecule has 0 unspecified atom stereocenters. The maximum absolute atomic E-state index is 5.80. The Morgan fingerprint density at radius 3 is 2.92 bits per heavy atom. The van der Waals surface area contributed by atoms with Crippen molar-refractivity contribution in [2.75, 3.05) is 26.1 Å². The van der Waals surface area contributed by atoms with Gasteiger partial charge in [0.25, 0.3) is 0 Å². The minimum Gasteiger partial charge on any atom is -0.474 e. The normalized spacial score (nSPS) is 10.0. The third-order valence-corrected chi connectivity index (χ3v) is 1.63. The second-order valence-electron chi connectivity index (χ2n) is 2.40. The lowest BCUT2D eigenvalue weighted by Crippen LogP contribution is -2.05. The van der Waals surface area contributed by atoms with E-state index in [-0.39, 0.29) is 0 Å². The number of nitrogen functional groups attached to an aromatic ring is 1. The number of anilines is 1. The molecule has 72 valence electrons. The largest absolute Gasteiger partial charge is 0.474 e. The van der Waals surface area contributed by atoms with Crippen LogP contribution in [-0.2, 0) is 4.74 Å². The summed E-state index contributed by atoms with van der Waals surface area (Å²) in [7, 11) is 1.60. The van der Waals surface area contributed by atoms with Gasteiger partial charge in [-0.3, -0.25) is 0 Å². The zero-order valence-electron chi connectivity index (χ0n) is 7.29. The molecule has 0 bridgehead atoms. The summed E-state index contributed by atoms with van der Waals surface area (Å²) >= 11 is 5.80. The predicted octanol–water partition coefficient (Wildman–Crippen LogP) is 1.34. The van der Waals surface area contributed by atoms with Crippen LogP contribution < -0.4 is 10.5 Å². The summed E-state index contributed by atoms with van der Waals surface area (Å²) in [5.74, 6) is 0.382. The Morgan fingerprint density at radius 2 is 2.31 bits per heavy atom. The molecule has 1 heterocycles. The van der Waals surface area contributed by atoms with Crippen LogP contribution in [0, 0.1) is 0 Å². The van der Waals surface area contributed by atoms with E-state index >= 15 is 0 Å². The molecular formula is C8H11ClN2O2. The average Bonchev–Trinajstić information content (AvgIpc) is 2.09. The molecule has 13 heavy (non-hydrogen) atoms. The monoisotopic (exact) mass is 202 g/mol. The summed E-state index contributed by atoms with van der Waals surface area (Å²) in [5.41, 5.74) is 5.97. The van der Waals surface area contributed by atoms with Crippen molar-refractivity contribution in [3.8, 4) is 5.88 Å². The SMILES string of the molecule is COCCOc1ncc(N)cc1Cl. The van der Waals surface area contributed by atoms with Crippen LogP contribution in [0.15, 0.2) is 12.3 Å². The van der Waals surface area contributed by atoms with E-state index in [0.717, 1.165) is 0 Å². The van der Waals surface area contributed by atoms with E-state index in [1.807, 2.05) is 0 Å². The molecule has 5 heteroatoms.